The molecule has 3 aromatic rings. The Bertz CT molecular complexity index is 916. The first-order valence-corrected chi connectivity index (χ1v) is 7.89. The van der Waals surface area contributed by atoms with Gasteiger partial charge < -0.3 is 10.6 Å². The summed E-state index contributed by atoms with van der Waals surface area (Å²) in [5.74, 6) is -0.782. The number of rotatable bonds is 4. The van der Waals surface area contributed by atoms with Crippen LogP contribution in [0.2, 0.25) is 10.0 Å². The molecule has 0 bridgehead atoms. The van der Waals surface area contributed by atoms with Crippen molar-refractivity contribution in [1.29, 1.82) is 0 Å². The molecule has 0 fully saturated rings. The molecule has 25 heavy (non-hydrogen) atoms. The summed E-state index contributed by atoms with van der Waals surface area (Å²) in [4.78, 5) is 20.2. The van der Waals surface area contributed by atoms with Gasteiger partial charge in [0.2, 0.25) is 0 Å². The van der Waals surface area contributed by atoms with Gasteiger partial charge in [-0.2, -0.15) is 0 Å². The molecule has 3 rings (SSSR count). The lowest BCUT2D eigenvalue weighted by Gasteiger charge is -2.10. The molecule has 0 aliphatic heterocycles. The van der Waals surface area contributed by atoms with E-state index in [0.29, 0.717) is 21.6 Å². The number of nitrogens with one attached hydrogen (secondary N) is 2. The van der Waals surface area contributed by atoms with E-state index in [1.807, 2.05) is 0 Å². The van der Waals surface area contributed by atoms with E-state index >= 15 is 0 Å². The van der Waals surface area contributed by atoms with Gasteiger partial charge in [0.05, 0.1) is 21.4 Å². The monoisotopic (exact) mass is 376 g/mol. The summed E-state index contributed by atoms with van der Waals surface area (Å²) in [6, 6.07) is 12.3. The highest BCUT2D eigenvalue weighted by Crippen LogP contribution is 2.32. The second-order valence-corrected chi connectivity index (χ2v) is 5.76. The van der Waals surface area contributed by atoms with Crippen LogP contribution in [0.3, 0.4) is 0 Å². The van der Waals surface area contributed by atoms with Crippen molar-refractivity contribution in [3.63, 3.8) is 0 Å². The molecule has 5 nitrogen and oxygen atoms in total. The molecule has 0 atom stereocenters. The van der Waals surface area contributed by atoms with Crippen molar-refractivity contribution in [3.8, 4) is 0 Å². The molecular weight excluding hydrogens is 366 g/mol. The van der Waals surface area contributed by atoms with Gasteiger partial charge in [-0.1, -0.05) is 41.4 Å². The van der Waals surface area contributed by atoms with E-state index < -0.39 is 11.7 Å². The fraction of sp³-hybridized carbons (Fsp3) is 0. The van der Waals surface area contributed by atoms with Crippen LogP contribution < -0.4 is 10.6 Å². The number of nitrogens with zero attached hydrogens (tertiary/aromatic N) is 2. The summed E-state index contributed by atoms with van der Waals surface area (Å²) in [6.07, 6.45) is 1.21. The maximum Gasteiger partial charge on any atom is 0.274 e. The molecule has 0 aliphatic rings. The summed E-state index contributed by atoms with van der Waals surface area (Å²) in [5, 5.41) is 6.21. The summed E-state index contributed by atoms with van der Waals surface area (Å²) >= 11 is 12.2. The van der Waals surface area contributed by atoms with Crippen LogP contribution in [0.1, 0.15) is 10.5 Å². The van der Waals surface area contributed by atoms with Gasteiger partial charge in [-0.05, 0) is 24.3 Å². The minimum atomic E-state index is -0.569. The number of amides is 1. The summed E-state index contributed by atoms with van der Waals surface area (Å²) in [6.45, 7) is 0. The Balaban J connectivity index is 1.82. The normalized spacial score (nSPS) is 10.4. The molecule has 1 amide bonds. The van der Waals surface area contributed by atoms with Crippen molar-refractivity contribution in [3.05, 3.63) is 76.4 Å². The molecule has 8 heteroatoms. The molecule has 0 spiro atoms. The molecular formula is C17H11Cl2FN4O. The van der Waals surface area contributed by atoms with Crippen molar-refractivity contribution in [1.82, 2.24) is 9.97 Å². The van der Waals surface area contributed by atoms with Gasteiger partial charge in [-0.15, -0.1) is 0 Å². The molecule has 0 aliphatic carbocycles. The Kier molecular flexibility index (Phi) is 5.11. The zero-order valence-corrected chi connectivity index (χ0v) is 14.1. The van der Waals surface area contributed by atoms with Crippen LogP contribution in [-0.4, -0.2) is 15.9 Å². The number of carbonyl (C=O) groups excluding carboxylic acids is 1. The van der Waals surface area contributed by atoms with Crippen LogP contribution in [0.5, 0.6) is 0 Å². The number of para-hydroxylation sites is 2. The van der Waals surface area contributed by atoms with Crippen LogP contribution in [0.4, 0.5) is 21.6 Å². The van der Waals surface area contributed by atoms with Gasteiger partial charge in [0.1, 0.15) is 23.7 Å². The number of hydrogen-bond acceptors (Lipinski definition) is 4. The summed E-state index contributed by atoms with van der Waals surface area (Å²) in [5.41, 5.74) is 0.587. The van der Waals surface area contributed by atoms with Crippen molar-refractivity contribution in [2.45, 2.75) is 0 Å². The molecule has 2 N–H and O–H groups in total. The Hall–Kier alpha value is -2.70. The Labute approximate surface area is 152 Å². The second kappa shape index (κ2) is 7.46. The predicted molar refractivity (Wildman–Crippen MR) is 96.1 cm³/mol. The zero-order chi connectivity index (χ0) is 17.8. The van der Waals surface area contributed by atoms with Crippen LogP contribution in [0.15, 0.2) is 54.9 Å². The van der Waals surface area contributed by atoms with E-state index in [1.165, 1.54) is 30.6 Å². The lowest BCUT2D eigenvalue weighted by molar-refractivity contribution is 0.102. The van der Waals surface area contributed by atoms with Crippen molar-refractivity contribution >= 4 is 46.3 Å². The van der Waals surface area contributed by atoms with E-state index in [-0.39, 0.29) is 11.4 Å². The second-order valence-electron chi connectivity index (χ2n) is 4.94. The molecule has 1 heterocycles. The van der Waals surface area contributed by atoms with E-state index in [9.17, 15) is 9.18 Å². The number of aromatic nitrogens is 2. The predicted octanol–water partition coefficient (Wildman–Crippen LogP) is 4.92. The zero-order valence-electron chi connectivity index (χ0n) is 12.6. The lowest BCUT2D eigenvalue weighted by atomic mass is 10.2. The first kappa shape index (κ1) is 17.1. The third-order valence-electron chi connectivity index (χ3n) is 3.24. The third kappa shape index (κ3) is 4.04. The van der Waals surface area contributed by atoms with Gasteiger partial charge in [0.15, 0.2) is 0 Å². The highest BCUT2D eigenvalue weighted by molar-refractivity contribution is 6.39. The maximum absolute atomic E-state index is 13.6. The molecule has 0 saturated heterocycles. The van der Waals surface area contributed by atoms with Gasteiger partial charge in [0, 0.05) is 6.07 Å². The summed E-state index contributed by atoms with van der Waals surface area (Å²) < 4.78 is 13.6. The van der Waals surface area contributed by atoms with Crippen LogP contribution in [0, 0.1) is 5.82 Å². The van der Waals surface area contributed by atoms with Crippen LogP contribution in [-0.2, 0) is 0 Å². The van der Waals surface area contributed by atoms with Crippen LogP contribution >= 0.6 is 23.2 Å². The van der Waals surface area contributed by atoms with Gasteiger partial charge in [0.25, 0.3) is 5.91 Å². The molecule has 0 saturated carbocycles. The Morgan fingerprint density at radius 1 is 1.00 bits per heavy atom. The first-order valence-electron chi connectivity index (χ1n) is 7.13. The first-order chi connectivity index (χ1) is 12.0. The lowest BCUT2D eigenvalue weighted by Crippen LogP contribution is -2.15. The highest BCUT2D eigenvalue weighted by Gasteiger charge is 2.13. The minimum absolute atomic E-state index is 0.0592. The van der Waals surface area contributed by atoms with Gasteiger partial charge in [-0.25, -0.2) is 14.4 Å². The van der Waals surface area contributed by atoms with Gasteiger partial charge in [-0.3, -0.25) is 4.79 Å². The number of benzene rings is 2. The summed E-state index contributed by atoms with van der Waals surface area (Å²) in [7, 11) is 0. The fourth-order valence-corrected chi connectivity index (χ4v) is 2.54. The number of carbonyl (C=O) groups is 1. The van der Waals surface area contributed by atoms with Gasteiger partial charge >= 0.3 is 0 Å². The number of anilines is 3. The highest BCUT2D eigenvalue weighted by atomic mass is 35.5. The van der Waals surface area contributed by atoms with E-state index in [4.69, 9.17) is 23.2 Å². The van der Waals surface area contributed by atoms with Crippen molar-refractivity contribution < 1.29 is 9.18 Å². The Morgan fingerprint density at radius 3 is 2.44 bits per heavy atom. The minimum Gasteiger partial charge on any atom is -0.338 e. The van der Waals surface area contributed by atoms with E-state index in [1.54, 1.807) is 24.3 Å². The third-order valence-corrected chi connectivity index (χ3v) is 3.87. The molecule has 2 aromatic carbocycles. The maximum atomic E-state index is 13.6. The van der Waals surface area contributed by atoms with E-state index in [0.717, 1.165) is 0 Å². The number of halogens is 3. The van der Waals surface area contributed by atoms with Crippen molar-refractivity contribution in [2.75, 3.05) is 10.6 Å². The fourth-order valence-electron chi connectivity index (χ4n) is 2.04. The van der Waals surface area contributed by atoms with E-state index in [2.05, 4.69) is 20.6 Å². The molecule has 1 aromatic heterocycles. The SMILES string of the molecule is O=C(Nc1ccccc1F)c1cc(Nc2c(Cl)cccc2Cl)ncn1. The number of hydrogen-bond donors (Lipinski definition) is 2. The largest absolute Gasteiger partial charge is 0.338 e. The molecule has 0 radical (unpaired) electrons. The Morgan fingerprint density at radius 2 is 1.72 bits per heavy atom. The standard InChI is InChI=1S/C17H11Cl2FN4O/c18-10-4-3-5-11(19)16(10)24-15-8-14(21-9-22-15)17(25)23-13-7-2-1-6-12(13)20/h1-9H,(H,23,25)(H,21,22,24). The topological polar surface area (TPSA) is 66.9 Å². The average Bonchev–Trinajstić information content (AvgIpc) is 2.60. The molecule has 0 unspecified atom stereocenters. The molecule has 126 valence electrons. The average molecular weight is 377 g/mol. The quantitative estimate of drug-likeness (QED) is 0.678. The van der Waals surface area contributed by atoms with Crippen LogP contribution in [0.25, 0.3) is 0 Å². The smallest absolute Gasteiger partial charge is 0.274 e. The van der Waals surface area contributed by atoms with Crippen molar-refractivity contribution in [2.24, 2.45) is 0 Å².